The van der Waals surface area contributed by atoms with Crippen molar-refractivity contribution in [2.45, 2.75) is 72.3 Å². The van der Waals surface area contributed by atoms with Gasteiger partial charge in [0.05, 0.1) is 24.6 Å². The van der Waals surface area contributed by atoms with E-state index in [1.807, 2.05) is 12.1 Å². The Bertz CT molecular complexity index is 1130. The number of esters is 1. The van der Waals surface area contributed by atoms with E-state index in [0.717, 1.165) is 34.7 Å². The lowest BCUT2D eigenvalue weighted by atomic mass is 9.74. The molecule has 0 bridgehead atoms. The molecule has 3 aromatic rings. The van der Waals surface area contributed by atoms with Gasteiger partial charge in [-0.3, -0.25) is 4.79 Å². The van der Waals surface area contributed by atoms with Gasteiger partial charge in [-0.1, -0.05) is 59.2 Å². The van der Waals surface area contributed by atoms with E-state index in [-0.39, 0.29) is 12.4 Å². The summed E-state index contributed by atoms with van der Waals surface area (Å²) < 4.78 is 7.31. The standard InChI is InChI=1S/C29H39N3O2/c1-18(2)22-9-11-23(12-10-22)30-29-31-25-16-21(17-28(33)34-6)8-14-26(25)32(29)27-15-20(5)7-13-24(27)19(3)4/h8-12,14,16,18-20,24,27H,7,13,15,17H2,1-6H3,(H,30,31)/t20-,24+,27-/m1/s1. The van der Waals surface area contributed by atoms with Gasteiger partial charge < -0.3 is 14.6 Å². The first-order valence-corrected chi connectivity index (χ1v) is 12.7. The third kappa shape index (κ3) is 5.13. The lowest BCUT2D eigenvalue weighted by Crippen LogP contribution is -2.30. The monoisotopic (exact) mass is 461 g/mol. The highest BCUT2D eigenvalue weighted by molar-refractivity contribution is 5.82. The van der Waals surface area contributed by atoms with Gasteiger partial charge in [0.2, 0.25) is 5.95 Å². The van der Waals surface area contributed by atoms with Crippen LogP contribution in [0.2, 0.25) is 0 Å². The Morgan fingerprint density at radius 3 is 2.50 bits per heavy atom. The highest BCUT2D eigenvalue weighted by Crippen LogP contribution is 2.44. The molecule has 0 saturated heterocycles. The van der Waals surface area contributed by atoms with E-state index in [1.54, 1.807) is 0 Å². The summed E-state index contributed by atoms with van der Waals surface area (Å²) in [4.78, 5) is 16.9. The van der Waals surface area contributed by atoms with Crippen molar-refractivity contribution in [3.05, 3.63) is 53.6 Å². The fourth-order valence-corrected chi connectivity index (χ4v) is 5.45. The van der Waals surface area contributed by atoms with E-state index < -0.39 is 0 Å². The lowest BCUT2D eigenvalue weighted by molar-refractivity contribution is -0.139. The number of carbonyl (C=O) groups excluding carboxylic acids is 1. The summed E-state index contributed by atoms with van der Waals surface area (Å²) in [6, 6.07) is 15.3. The number of ether oxygens (including phenoxy) is 1. The molecule has 5 heteroatoms. The fourth-order valence-electron chi connectivity index (χ4n) is 5.45. The molecule has 0 amide bonds. The number of methoxy groups -OCH3 is 1. The lowest BCUT2D eigenvalue weighted by Gasteiger charge is -2.39. The molecule has 1 heterocycles. The van der Waals surface area contributed by atoms with E-state index in [0.29, 0.717) is 29.7 Å². The van der Waals surface area contributed by atoms with Crippen molar-refractivity contribution in [1.82, 2.24) is 9.55 Å². The Kier molecular flexibility index (Phi) is 7.30. The van der Waals surface area contributed by atoms with Crippen molar-refractivity contribution in [1.29, 1.82) is 0 Å². The summed E-state index contributed by atoms with van der Waals surface area (Å²) in [5.74, 6) is 3.05. The molecule has 0 aliphatic heterocycles. The third-order valence-electron chi connectivity index (χ3n) is 7.48. The molecule has 1 aliphatic carbocycles. The van der Waals surface area contributed by atoms with Crippen LogP contribution in [0.3, 0.4) is 0 Å². The van der Waals surface area contributed by atoms with Crippen LogP contribution in [0.4, 0.5) is 11.6 Å². The zero-order chi connectivity index (χ0) is 24.4. The SMILES string of the molecule is COC(=O)Cc1ccc2c(c1)nc(Nc1ccc(C(C)C)cc1)n2[C@@H]1C[C@H](C)CC[C@H]1C(C)C. The summed E-state index contributed by atoms with van der Waals surface area (Å²) in [6.07, 6.45) is 3.94. The molecule has 5 nitrogen and oxygen atoms in total. The summed E-state index contributed by atoms with van der Waals surface area (Å²) in [7, 11) is 1.43. The number of anilines is 2. The molecule has 182 valence electrons. The van der Waals surface area contributed by atoms with Gasteiger partial charge in [-0.25, -0.2) is 4.98 Å². The van der Waals surface area contributed by atoms with Crippen LogP contribution in [-0.2, 0) is 16.0 Å². The number of carbonyl (C=O) groups is 1. The van der Waals surface area contributed by atoms with Crippen LogP contribution in [0.25, 0.3) is 11.0 Å². The number of imidazole rings is 1. The van der Waals surface area contributed by atoms with Gasteiger partial charge in [-0.05, 0) is 71.9 Å². The quantitative estimate of drug-likeness (QED) is 0.376. The van der Waals surface area contributed by atoms with E-state index in [2.05, 4.69) is 74.8 Å². The highest BCUT2D eigenvalue weighted by atomic mass is 16.5. The molecule has 1 aliphatic rings. The molecule has 1 fully saturated rings. The van der Waals surface area contributed by atoms with Crippen molar-refractivity contribution in [2.24, 2.45) is 17.8 Å². The Balaban J connectivity index is 1.78. The summed E-state index contributed by atoms with van der Waals surface area (Å²) >= 11 is 0. The number of hydrogen-bond donors (Lipinski definition) is 1. The Morgan fingerprint density at radius 1 is 1.12 bits per heavy atom. The van der Waals surface area contributed by atoms with Gasteiger partial charge in [0.1, 0.15) is 0 Å². The Hall–Kier alpha value is -2.82. The van der Waals surface area contributed by atoms with Gasteiger partial charge in [0, 0.05) is 11.7 Å². The first-order valence-electron chi connectivity index (χ1n) is 12.7. The van der Waals surface area contributed by atoms with E-state index in [1.165, 1.54) is 25.5 Å². The van der Waals surface area contributed by atoms with Crippen molar-refractivity contribution < 1.29 is 9.53 Å². The molecule has 2 aromatic carbocycles. The smallest absolute Gasteiger partial charge is 0.309 e. The van der Waals surface area contributed by atoms with Crippen LogP contribution in [-0.4, -0.2) is 22.6 Å². The zero-order valence-electron chi connectivity index (χ0n) is 21.5. The number of benzene rings is 2. The Labute approximate surface area is 203 Å². The molecule has 4 rings (SSSR count). The molecular weight excluding hydrogens is 422 g/mol. The average molecular weight is 462 g/mol. The maximum absolute atomic E-state index is 11.8. The maximum atomic E-state index is 11.8. The topological polar surface area (TPSA) is 56.1 Å². The van der Waals surface area contributed by atoms with Crippen molar-refractivity contribution >= 4 is 28.6 Å². The van der Waals surface area contributed by atoms with Crippen LogP contribution in [0.15, 0.2) is 42.5 Å². The number of fused-ring (bicyclic) bond motifs is 1. The molecule has 0 spiro atoms. The fraction of sp³-hybridized carbons (Fsp3) is 0.517. The molecule has 1 aromatic heterocycles. The Morgan fingerprint density at radius 2 is 1.85 bits per heavy atom. The molecule has 1 N–H and O–H groups in total. The highest BCUT2D eigenvalue weighted by Gasteiger charge is 2.34. The molecule has 0 unspecified atom stereocenters. The molecule has 3 atom stereocenters. The van der Waals surface area contributed by atoms with Gasteiger partial charge in [-0.15, -0.1) is 0 Å². The van der Waals surface area contributed by atoms with Gasteiger partial charge in [0.25, 0.3) is 0 Å². The minimum Gasteiger partial charge on any atom is -0.469 e. The molecular formula is C29H39N3O2. The van der Waals surface area contributed by atoms with Crippen LogP contribution in [0.1, 0.15) is 77.0 Å². The first kappa shape index (κ1) is 24.3. The van der Waals surface area contributed by atoms with Crippen molar-refractivity contribution in [3.8, 4) is 0 Å². The second-order valence-corrected chi connectivity index (χ2v) is 10.7. The van der Waals surface area contributed by atoms with Crippen LogP contribution in [0, 0.1) is 17.8 Å². The second kappa shape index (κ2) is 10.2. The minimum absolute atomic E-state index is 0.233. The van der Waals surface area contributed by atoms with Crippen molar-refractivity contribution in [3.63, 3.8) is 0 Å². The van der Waals surface area contributed by atoms with Gasteiger partial charge in [0.15, 0.2) is 0 Å². The molecule has 1 saturated carbocycles. The predicted octanol–water partition coefficient (Wildman–Crippen LogP) is 7.25. The summed E-state index contributed by atoms with van der Waals surface area (Å²) in [5.41, 5.74) is 5.34. The second-order valence-electron chi connectivity index (χ2n) is 10.7. The van der Waals surface area contributed by atoms with E-state index in [4.69, 9.17) is 9.72 Å². The summed E-state index contributed by atoms with van der Waals surface area (Å²) in [5, 5.41) is 3.63. The number of aromatic nitrogens is 2. The predicted molar refractivity (Wildman–Crippen MR) is 140 cm³/mol. The normalized spacial score (nSPS) is 20.8. The summed E-state index contributed by atoms with van der Waals surface area (Å²) in [6.45, 7) is 11.5. The number of hydrogen-bond acceptors (Lipinski definition) is 4. The van der Waals surface area contributed by atoms with Crippen LogP contribution < -0.4 is 5.32 Å². The number of nitrogens with one attached hydrogen (secondary N) is 1. The maximum Gasteiger partial charge on any atom is 0.309 e. The largest absolute Gasteiger partial charge is 0.469 e. The zero-order valence-corrected chi connectivity index (χ0v) is 21.5. The van der Waals surface area contributed by atoms with Gasteiger partial charge >= 0.3 is 5.97 Å². The van der Waals surface area contributed by atoms with Crippen LogP contribution >= 0.6 is 0 Å². The molecule has 0 radical (unpaired) electrons. The molecule has 34 heavy (non-hydrogen) atoms. The number of nitrogens with zero attached hydrogens (tertiary/aromatic N) is 2. The number of rotatable bonds is 7. The van der Waals surface area contributed by atoms with Crippen molar-refractivity contribution in [2.75, 3.05) is 12.4 Å². The average Bonchev–Trinajstić information content (AvgIpc) is 3.15. The third-order valence-corrected chi connectivity index (χ3v) is 7.48. The first-order chi connectivity index (χ1) is 16.3. The minimum atomic E-state index is -0.233. The van der Waals surface area contributed by atoms with Gasteiger partial charge in [-0.2, -0.15) is 0 Å². The van der Waals surface area contributed by atoms with E-state index >= 15 is 0 Å². The van der Waals surface area contributed by atoms with Crippen LogP contribution in [0.5, 0.6) is 0 Å². The van der Waals surface area contributed by atoms with E-state index in [9.17, 15) is 4.79 Å².